The van der Waals surface area contributed by atoms with Gasteiger partial charge in [-0.05, 0) is 30.3 Å². The van der Waals surface area contributed by atoms with E-state index in [9.17, 15) is 22.8 Å². The van der Waals surface area contributed by atoms with Crippen LogP contribution >= 0.6 is 0 Å². The van der Waals surface area contributed by atoms with E-state index in [1.807, 2.05) is 0 Å². The van der Waals surface area contributed by atoms with Crippen LogP contribution in [0.5, 0.6) is 0 Å². The van der Waals surface area contributed by atoms with Crippen LogP contribution in [0.2, 0.25) is 0 Å². The maximum Gasteiger partial charge on any atom is 0.417 e. The Hall–Kier alpha value is -3.56. The van der Waals surface area contributed by atoms with Gasteiger partial charge in [-0.1, -0.05) is 0 Å². The van der Waals surface area contributed by atoms with E-state index < -0.39 is 28.8 Å². The van der Waals surface area contributed by atoms with Gasteiger partial charge in [0.25, 0.3) is 5.56 Å². The number of esters is 1. The molecule has 0 aliphatic carbocycles. The number of aromatic nitrogens is 2. The summed E-state index contributed by atoms with van der Waals surface area (Å²) in [6.45, 7) is 0. The molecular formula is C17H13F3N4O3. The number of methoxy groups -OCH3 is 1. The van der Waals surface area contributed by atoms with Gasteiger partial charge in [0.15, 0.2) is 5.56 Å². The topological polar surface area (TPSA) is 113 Å². The second kappa shape index (κ2) is 6.31. The predicted octanol–water partition coefficient (Wildman–Crippen LogP) is 2.36. The first-order valence-corrected chi connectivity index (χ1v) is 7.50. The Bertz CT molecular complexity index is 1110. The minimum Gasteiger partial charge on any atom is -0.465 e. The van der Waals surface area contributed by atoms with Crippen LogP contribution < -0.4 is 17.0 Å². The van der Waals surface area contributed by atoms with E-state index in [0.29, 0.717) is 11.9 Å². The fraction of sp³-hybridized carbons (Fsp3) is 0.118. The summed E-state index contributed by atoms with van der Waals surface area (Å²) in [5.41, 5.74) is 8.82. The zero-order valence-electron chi connectivity index (χ0n) is 13.9. The van der Waals surface area contributed by atoms with Crippen LogP contribution in [0.15, 0.2) is 41.3 Å². The largest absolute Gasteiger partial charge is 0.465 e. The molecule has 0 unspecified atom stereocenters. The van der Waals surface area contributed by atoms with E-state index in [1.165, 1.54) is 24.3 Å². The molecule has 0 aliphatic rings. The van der Waals surface area contributed by atoms with E-state index in [4.69, 9.17) is 11.5 Å². The van der Waals surface area contributed by atoms with Gasteiger partial charge in [0, 0.05) is 17.6 Å². The third kappa shape index (κ3) is 3.05. The van der Waals surface area contributed by atoms with Crippen molar-refractivity contribution in [3.63, 3.8) is 0 Å². The molecule has 3 aromatic rings. The summed E-state index contributed by atoms with van der Waals surface area (Å²) < 4.78 is 44.8. The number of nitrogens with zero attached hydrogens (tertiary/aromatic N) is 2. The second-order valence-corrected chi connectivity index (χ2v) is 5.60. The van der Waals surface area contributed by atoms with Crippen LogP contribution in [0.4, 0.5) is 24.5 Å². The van der Waals surface area contributed by atoms with E-state index >= 15 is 0 Å². The number of nitrogens with two attached hydrogens (primary N) is 2. The summed E-state index contributed by atoms with van der Waals surface area (Å²) in [6, 6.07) is 6.52. The smallest absolute Gasteiger partial charge is 0.417 e. The molecule has 0 atom stereocenters. The maximum atomic E-state index is 13.1. The summed E-state index contributed by atoms with van der Waals surface area (Å²) in [7, 11) is 1.05. The van der Waals surface area contributed by atoms with Crippen molar-refractivity contribution in [1.29, 1.82) is 0 Å². The number of carbonyl (C=O) groups excluding carboxylic acids is 1. The van der Waals surface area contributed by atoms with Gasteiger partial charge in [0.2, 0.25) is 0 Å². The van der Waals surface area contributed by atoms with Gasteiger partial charge >= 0.3 is 12.1 Å². The highest BCUT2D eigenvalue weighted by Crippen LogP contribution is 2.32. The van der Waals surface area contributed by atoms with Crippen molar-refractivity contribution in [2.75, 3.05) is 18.6 Å². The molecule has 1 aromatic carbocycles. The number of fused-ring (bicyclic) bond motifs is 1. The molecule has 0 bridgehead atoms. The van der Waals surface area contributed by atoms with Gasteiger partial charge in [0.1, 0.15) is 5.52 Å². The van der Waals surface area contributed by atoms with Gasteiger partial charge < -0.3 is 16.2 Å². The van der Waals surface area contributed by atoms with Gasteiger partial charge in [-0.3, -0.25) is 14.3 Å². The van der Waals surface area contributed by atoms with Gasteiger partial charge in [-0.15, -0.1) is 0 Å². The third-order valence-electron chi connectivity index (χ3n) is 3.92. The molecule has 0 aliphatic heterocycles. The summed E-state index contributed by atoms with van der Waals surface area (Å²) >= 11 is 0. The molecular weight excluding hydrogens is 365 g/mol. The molecule has 3 rings (SSSR count). The van der Waals surface area contributed by atoms with Crippen molar-refractivity contribution < 1.29 is 22.7 Å². The summed E-state index contributed by atoms with van der Waals surface area (Å²) in [5, 5.41) is 0. The lowest BCUT2D eigenvalue weighted by atomic mass is 10.1. The van der Waals surface area contributed by atoms with Crippen LogP contribution in [0.25, 0.3) is 16.7 Å². The van der Waals surface area contributed by atoms with Crippen LogP contribution in [0.1, 0.15) is 15.9 Å². The van der Waals surface area contributed by atoms with Crippen molar-refractivity contribution in [2.45, 2.75) is 6.18 Å². The zero-order valence-corrected chi connectivity index (χ0v) is 13.9. The predicted molar refractivity (Wildman–Crippen MR) is 92.5 cm³/mol. The van der Waals surface area contributed by atoms with E-state index in [0.717, 1.165) is 17.7 Å². The van der Waals surface area contributed by atoms with Crippen LogP contribution in [0.3, 0.4) is 0 Å². The second-order valence-electron chi connectivity index (χ2n) is 5.60. The number of anilines is 2. The number of ether oxygens (including phenoxy) is 1. The maximum absolute atomic E-state index is 13.1. The molecule has 0 spiro atoms. The first-order valence-electron chi connectivity index (χ1n) is 7.50. The number of halogens is 3. The molecule has 4 N–H and O–H groups in total. The molecule has 140 valence electrons. The van der Waals surface area contributed by atoms with E-state index in [-0.39, 0.29) is 22.4 Å². The fourth-order valence-corrected chi connectivity index (χ4v) is 2.62. The monoisotopic (exact) mass is 378 g/mol. The molecule has 10 heteroatoms. The van der Waals surface area contributed by atoms with E-state index in [1.54, 1.807) is 0 Å². The van der Waals surface area contributed by atoms with Crippen molar-refractivity contribution in [2.24, 2.45) is 0 Å². The Labute approximate surface area is 150 Å². The summed E-state index contributed by atoms with van der Waals surface area (Å²) in [5.74, 6) is -1.02. The number of hydrogen-bond donors (Lipinski definition) is 2. The van der Waals surface area contributed by atoms with Gasteiger partial charge in [0.05, 0.1) is 23.9 Å². The quantitative estimate of drug-likeness (QED) is 0.523. The number of alkyl halides is 3. The highest BCUT2D eigenvalue weighted by atomic mass is 19.4. The number of nitrogen functional groups attached to an aromatic ring is 2. The normalized spacial score (nSPS) is 11.6. The SMILES string of the molecule is COC(=O)c1c(N)c2ncc(C(F)(F)F)cc2n(-c2ccc(N)cc2)c1=O. The first kappa shape index (κ1) is 18.2. The minimum atomic E-state index is -4.68. The molecule has 27 heavy (non-hydrogen) atoms. The molecule has 0 amide bonds. The third-order valence-corrected chi connectivity index (χ3v) is 3.92. The Morgan fingerprint density at radius 2 is 1.81 bits per heavy atom. The van der Waals surface area contributed by atoms with Gasteiger partial charge in [-0.25, -0.2) is 4.79 Å². The highest BCUT2D eigenvalue weighted by molar-refractivity contribution is 6.03. The number of carbonyl (C=O) groups is 1. The van der Waals surface area contributed by atoms with Crippen LogP contribution in [0, 0.1) is 0 Å². The lowest BCUT2D eigenvalue weighted by Crippen LogP contribution is -2.28. The highest BCUT2D eigenvalue weighted by Gasteiger charge is 2.32. The number of hydrogen-bond acceptors (Lipinski definition) is 6. The van der Waals surface area contributed by atoms with E-state index in [2.05, 4.69) is 9.72 Å². The number of rotatable bonds is 2. The van der Waals surface area contributed by atoms with Crippen LogP contribution in [-0.4, -0.2) is 22.6 Å². The summed E-state index contributed by atoms with van der Waals surface area (Å²) in [6.07, 6.45) is -4.10. The van der Waals surface area contributed by atoms with Crippen molar-refractivity contribution in [1.82, 2.24) is 9.55 Å². The molecule has 2 heterocycles. The zero-order chi connectivity index (χ0) is 19.9. The standard InChI is InChI=1S/C17H13F3N4O3/c1-27-16(26)12-13(22)14-11(6-8(7-23-14)17(18,19)20)24(15(12)25)10-4-2-9(21)3-5-10/h2-7H,21-22H2,1H3. The summed E-state index contributed by atoms with van der Waals surface area (Å²) in [4.78, 5) is 28.6. The molecule has 0 saturated carbocycles. The lowest BCUT2D eigenvalue weighted by molar-refractivity contribution is -0.137. The van der Waals surface area contributed by atoms with Crippen molar-refractivity contribution in [3.05, 3.63) is 58.0 Å². The average molecular weight is 378 g/mol. The Kier molecular flexibility index (Phi) is 4.26. The number of benzene rings is 1. The Morgan fingerprint density at radius 1 is 1.19 bits per heavy atom. The number of pyridine rings is 2. The van der Waals surface area contributed by atoms with Gasteiger partial charge in [-0.2, -0.15) is 13.2 Å². The molecule has 0 saturated heterocycles. The van der Waals surface area contributed by atoms with Crippen LogP contribution in [-0.2, 0) is 10.9 Å². The molecule has 2 aromatic heterocycles. The fourth-order valence-electron chi connectivity index (χ4n) is 2.62. The average Bonchev–Trinajstić information content (AvgIpc) is 2.62. The van der Waals surface area contributed by atoms with Crippen molar-refractivity contribution in [3.8, 4) is 5.69 Å². The van der Waals surface area contributed by atoms with Crippen molar-refractivity contribution >= 4 is 28.4 Å². The molecule has 0 fully saturated rings. The molecule has 0 radical (unpaired) electrons. The first-order chi connectivity index (χ1) is 12.6. The Balaban J connectivity index is 2.50. The minimum absolute atomic E-state index is 0.139. The Morgan fingerprint density at radius 3 is 2.37 bits per heavy atom. The lowest BCUT2D eigenvalue weighted by Gasteiger charge is -2.16. The molecule has 7 nitrogen and oxygen atoms in total.